The van der Waals surface area contributed by atoms with E-state index in [1.54, 1.807) is 0 Å². The summed E-state index contributed by atoms with van der Waals surface area (Å²) in [6.07, 6.45) is 11.6. The first-order valence-corrected chi connectivity index (χ1v) is 9.60. The summed E-state index contributed by atoms with van der Waals surface area (Å²) in [6, 6.07) is 1.82. The van der Waals surface area contributed by atoms with Gasteiger partial charge in [0.05, 0.1) is 0 Å². The molecule has 1 N–H and O–H groups in total. The zero-order chi connectivity index (χ0) is 14.1. The summed E-state index contributed by atoms with van der Waals surface area (Å²) < 4.78 is 0. The van der Waals surface area contributed by atoms with E-state index in [0.717, 1.165) is 23.9 Å². The second kappa shape index (κ2) is 6.55. The first-order chi connectivity index (χ1) is 10.4. The number of piperidine rings is 3. The first kappa shape index (κ1) is 14.5. The lowest BCUT2D eigenvalue weighted by Gasteiger charge is -2.51. The SMILES string of the molecule is C1CCN(C2CCN(C3[C@H]4CCC[C@H]3CNC4)CC2)CC1. The van der Waals surface area contributed by atoms with Gasteiger partial charge in [-0.25, -0.2) is 0 Å². The van der Waals surface area contributed by atoms with Crippen LogP contribution in [0.2, 0.25) is 0 Å². The van der Waals surface area contributed by atoms with E-state index in [2.05, 4.69) is 15.1 Å². The molecule has 0 radical (unpaired) electrons. The number of rotatable bonds is 2. The van der Waals surface area contributed by atoms with Crippen molar-refractivity contribution < 1.29 is 0 Å². The average Bonchev–Trinajstić information content (AvgIpc) is 2.55. The van der Waals surface area contributed by atoms with Gasteiger partial charge < -0.3 is 10.2 Å². The molecule has 3 saturated heterocycles. The predicted molar refractivity (Wildman–Crippen MR) is 87.5 cm³/mol. The van der Waals surface area contributed by atoms with Crippen LogP contribution in [0.4, 0.5) is 0 Å². The van der Waals surface area contributed by atoms with Gasteiger partial charge in [-0.05, 0) is 89.6 Å². The van der Waals surface area contributed by atoms with Gasteiger partial charge in [-0.15, -0.1) is 0 Å². The Bertz CT molecular complexity index is 309. The zero-order valence-electron chi connectivity index (χ0n) is 13.6. The quantitative estimate of drug-likeness (QED) is 0.842. The minimum Gasteiger partial charge on any atom is -0.316 e. The van der Waals surface area contributed by atoms with E-state index < -0.39 is 0 Å². The Labute approximate surface area is 130 Å². The molecule has 21 heavy (non-hydrogen) atoms. The van der Waals surface area contributed by atoms with Crippen molar-refractivity contribution in [3.63, 3.8) is 0 Å². The van der Waals surface area contributed by atoms with E-state index in [1.165, 1.54) is 90.6 Å². The second-order valence-electron chi connectivity index (χ2n) is 7.96. The van der Waals surface area contributed by atoms with E-state index in [9.17, 15) is 0 Å². The molecular weight excluding hydrogens is 258 g/mol. The number of likely N-dealkylation sites (tertiary alicyclic amines) is 2. The highest BCUT2D eigenvalue weighted by Gasteiger charge is 2.41. The van der Waals surface area contributed by atoms with Crippen LogP contribution in [0.25, 0.3) is 0 Å². The van der Waals surface area contributed by atoms with Gasteiger partial charge in [0, 0.05) is 12.1 Å². The van der Waals surface area contributed by atoms with Crippen molar-refractivity contribution in [2.45, 2.75) is 63.5 Å². The van der Waals surface area contributed by atoms with Crippen molar-refractivity contribution in [3.05, 3.63) is 0 Å². The largest absolute Gasteiger partial charge is 0.316 e. The molecule has 4 aliphatic rings. The molecule has 4 rings (SSSR count). The van der Waals surface area contributed by atoms with Crippen molar-refractivity contribution in [2.24, 2.45) is 11.8 Å². The van der Waals surface area contributed by atoms with Crippen LogP contribution in [0.3, 0.4) is 0 Å². The van der Waals surface area contributed by atoms with Gasteiger partial charge in [0.1, 0.15) is 0 Å². The summed E-state index contributed by atoms with van der Waals surface area (Å²) in [4.78, 5) is 5.71. The summed E-state index contributed by atoms with van der Waals surface area (Å²) >= 11 is 0. The fraction of sp³-hybridized carbons (Fsp3) is 1.00. The predicted octanol–water partition coefficient (Wildman–Crippen LogP) is 2.32. The normalized spacial score (nSPS) is 40.3. The van der Waals surface area contributed by atoms with Gasteiger partial charge in [0.25, 0.3) is 0 Å². The third-order valence-electron chi connectivity index (χ3n) is 6.76. The number of nitrogens with zero attached hydrogens (tertiary/aromatic N) is 2. The van der Waals surface area contributed by atoms with Gasteiger partial charge in [-0.3, -0.25) is 4.90 Å². The minimum absolute atomic E-state index is 0.906. The first-order valence-electron chi connectivity index (χ1n) is 9.60. The van der Waals surface area contributed by atoms with Gasteiger partial charge in [-0.2, -0.15) is 0 Å². The zero-order valence-corrected chi connectivity index (χ0v) is 13.6. The Morgan fingerprint density at radius 3 is 1.95 bits per heavy atom. The van der Waals surface area contributed by atoms with Crippen LogP contribution in [0.1, 0.15) is 51.4 Å². The minimum atomic E-state index is 0.906. The third kappa shape index (κ3) is 3.02. The van der Waals surface area contributed by atoms with Crippen molar-refractivity contribution in [1.82, 2.24) is 15.1 Å². The molecule has 3 aliphatic heterocycles. The maximum atomic E-state index is 3.68. The summed E-state index contributed by atoms with van der Waals surface area (Å²) in [5, 5.41) is 3.68. The molecule has 4 fully saturated rings. The van der Waals surface area contributed by atoms with Gasteiger partial charge in [0.2, 0.25) is 0 Å². The smallest absolute Gasteiger partial charge is 0.0176 e. The summed E-state index contributed by atoms with van der Waals surface area (Å²) in [5.74, 6) is 1.90. The topological polar surface area (TPSA) is 18.5 Å². The van der Waals surface area contributed by atoms with Crippen LogP contribution in [0.15, 0.2) is 0 Å². The Kier molecular flexibility index (Phi) is 4.52. The molecule has 0 aromatic carbocycles. The molecule has 120 valence electrons. The van der Waals surface area contributed by atoms with Crippen LogP contribution in [-0.4, -0.2) is 61.2 Å². The highest BCUT2D eigenvalue weighted by atomic mass is 15.2. The maximum Gasteiger partial charge on any atom is 0.0176 e. The van der Waals surface area contributed by atoms with Crippen molar-refractivity contribution >= 4 is 0 Å². The van der Waals surface area contributed by atoms with Gasteiger partial charge in [0.15, 0.2) is 0 Å². The van der Waals surface area contributed by atoms with Gasteiger partial charge in [-0.1, -0.05) is 12.8 Å². The Morgan fingerprint density at radius 2 is 1.29 bits per heavy atom. The molecule has 0 aromatic heterocycles. The molecule has 3 nitrogen and oxygen atoms in total. The summed E-state index contributed by atoms with van der Waals surface area (Å²) in [6.45, 7) is 8.07. The molecule has 1 aliphatic carbocycles. The van der Waals surface area contributed by atoms with Crippen molar-refractivity contribution in [3.8, 4) is 0 Å². The van der Waals surface area contributed by atoms with E-state index in [1.807, 2.05) is 0 Å². The van der Waals surface area contributed by atoms with Gasteiger partial charge >= 0.3 is 0 Å². The van der Waals surface area contributed by atoms with Crippen molar-refractivity contribution in [2.75, 3.05) is 39.3 Å². The molecule has 2 atom stereocenters. The molecule has 2 bridgehead atoms. The molecule has 0 aromatic rings. The molecule has 3 heterocycles. The molecule has 0 amide bonds. The highest BCUT2D eigenvalue weighted by molar-refractivity contribution is 4.96. The Morgan fingerprint density at radius 1 is 0.619 bits per heavy atom. The molecule has 1 saturated carbocycles. The van der Waals surface area contributed by atoms with Crippen LogP contribution < -0.4 is 5.32 Å². The molecular formula is C18H33N3. The van der Waals surface area contributed by atoms with E-state index in [0.29, 0.717) is 0 Å². The second-order valence-corrected chi connectivity index (χ2v) is 7.96. The Balaban J connectivity index is 1.34. The molecule has 0 spiro atoms. The summed E-state index contributed by atoms with van der Waals surface area (Å²) in [7, 11) is 0. The van der Waals surface area contributed by atoms with Crippen LogP contribution in [-0.2, 0) is 0 Å². The van der Waals surface area contributed by atoms with Crippen LogP contribution in [0, 0.1) is 11.8 Å². The fourth-order valence-electron chi connectivity index (χ4n) is 5.70. The van der Waals surface area contributed by atoms with E-state index in [-0.39, 0.29) is 0 Å². The highest BCUT2D eigenvalue weighted by Crippen LogP contribution is 2.36. The summed E-state index contributed by atoms with van der Waals surface area (Å²) in [5.41, 5.74) is 0. The third-order valence-corrected chi connectivity index (χ3v) is 6.76. The lowest BCUT2D eigenvalue weighted by atomic mass is 9.73. The fourth-order valence-corrected chi connectivity index (χ4v) is 5.70. The van der Waals surface area contributed by atoms with Crippen molar-refractivity contribution in [1.29, 1.82) is 0 Å². The number of nitrogens with one attached hydrogen (secondary N) is 1. The van der Waals surface area contributed by atoms with Crippen LogP contribution >= 0.6 is 0 Å². The standard InChI is InChI=1S/C18H33N3/c1-2-9-20(10-3-1)17-7-11-21(12-8-17)18-15-5-4-6-16(18)14-19-13-15/h15-19H,1-14H2/t15-,16-/m0/s1. The molecule has 0 unspecified atom stereocenters. The number of hydrogen-bond donors (Lipinski definition) is 1. The average molecular weight is 291 g/mol. The number of hydrogen-bond acceptors (Lipinski definition) is 3. The maximum absolute atomic E-state index is 3.68. The molecule has 3 heteroatoms. The monoisotopic (exact) mass is 291 g/mol. The van der Waals surface area contributed by atoms with E-state index in [4.69, 9.17) is 0 Å². The lowest BCUT2D eigenvalue weighted by Crippen LogP contribution is -2.59. The Hall–Kier alpha value is -0.120. The number of fused-ring (bicyclic) bond motifs is 2. The van der Waals surface area contributed by atoms with Crippen LogP contribution in [0.5, 0.6) is 0 Å². The lowest BCUT2D eigenvalue weighted by molar-refractivity contribution is -0.00127. The van der Waals surface area contributed by atoms with E-state index >= 15 is 0 Å².